The maximum atomic E-state index is 11.1. The molecule has 0 saturated heterocycles. The Morgan fingerprint density at radius 2 is 2.07 bits per heavy atom. The topological polar surface area (TPSA) is 58.6 Å². The Balaban J connectivity index is 3.55. The molecule has 0 aromatic rings. The highest BCUT2D eigenvalue weighted by Crippen LogP contribution is 2.06. The van der Waals surface area contributed by atoms with Crippen molar-refractivity contribution in [3.05, 3.63) is 0 Å². The minimum absolute atomic E-state index is 0.343. The zero-order valence-electron chi connectivity index (χ0n) is 9.46. The molecule has 0 radical (unpaired) electrons. The Kier molecular flexibility index (Phi) is 5.53. The third-order valence-corrected chi connectivity index (χ3v) is 1.62. The van der Waals surface area contributed by atoms with Crippen molar-refractivity contribution in [3.63, 3.8) is 0 Å². The summed E-state index contributed by atoms with van der Waals surface area (Å²) in [5.74, 6) is 0. The molecular formula is C10H21NO3. The van der Waals surface area contributed by atoms with Crippen LogP contribution in [-0.2, 0) is 4.74 Å². The average Bonchev–Trinajstić information content (AvgIpc) is 2.00. The van der Waals surface area contributed by atoms with Crippen molar-refractivity contribution < 1.29 is 14.6 Å². The first kappa shape index (κ1) is 13.2. The molecular weight excluding hydrogens is 182 g/mol. The number of carbonyl (C=O) groups is 1. The van der Waals surface area contributed by atoms with Crippen molar-refractivity contribution in [2.75, 3.05) is 6.54 Å². The highest BCUT2D eigenvalue weighted by atomic mass is 16.6. The Bertz CT molecular complexity index is 175. The van der Waals surface area contributed by atoms with Crippen LogP contribution in [0, 0.1) is 0 Å². The molecule has 0 saturated carbocycles. The van der Waals surface area contributed by atoms with Gasteiger partial charge in [-0.05, 0) is 33.6 Å². The number of ether oxygens (including phenoxy) is 1. The van der Waals surface area contributed by atoms with Crippen LogP contribution in [0.15, 0.2) is 0 Å². The standard InChI is InChI=1S/C10H21NO3/c1-5-8(12)6-7-11-9(13)14-10(2,3)4/h8,12H,5-7H2,1-4H3,(H,11,13). The summed E-state index contributed by atoms with van der Waals surface area (Å²) in [4.78, 5) is 11.1. The lowest BCUT2D eigenvalue weighted by Gasteiger charge is -2.19. The number of alkyl carbamates (subject to hydrolysis) is 1. The van der Waals surface area contributed by atoms with Gasteiger partial charge in [0.1, 0.15) is 5.60 Å². The molecule has 1 atom stereocenters. The van der Waals surface area contributed by atoms with Crippen LogP contribution in [0.5, 0.6) is 0 Å². The summed E-state index contributed by atoms with van der Waals surface area (Å²) in [6.07, 6.45) is 0.497. The number of aliphatic hydroxyl groups excluding tert-OH is 1. The number of nitrogens with one attached hydrogen (secondary N) is 1. The molecule has 14 heavy (non-hydrogen) atoms. The van der Waals surface area contributed by atoms with Gasteiger partial charge in [-0.1, -0.05) is 6.92 Å². The molecule has 2 N–H and O–H groups in total. The predicted octanol–water partition coefficient (Wildman–Crippen LogP) is 1.67. The van der Waals surface area contributed by atoms with Gasteiger partial charge in [0.25, 0.3) is 0 Å². The van der Waals surface area contributed by atoms with E-state index in [1.54, 1.807) is 0 Å². The third-order valence-electron chi connectivity index (χ3n) is 1.62. The maximum Gasteiger partial charge on any atom is 0.407 e. The molecule has 0 aliphatic rings. The van der Waals surface area contributed by atoms with Crippen molar-refractivity contribution in [3.8, 4) is 0 Å². The number of amides is 1. The zero-order valence-corrected chi connectivity index (χ0v) is 9.46. The van der Waals surface area contributed by atoms with Gasteiger partial charge in [0.15, 0.2) is 0 Å². The molecule has 4 heteroatoms. The van der Waals surface area contributed by atoms with Crippen LogP contribution < -0.4 is 5.32 Å². The summed E-state index contributed by atoms with van der Waals surface area (Å²) in [5.41, 5.74) is -0.465. The van der Waals surface area contributed by atoms with Gasteiger partial charge >= 0.3 is 6.09 Å². The number of aliphatic hydroxyl groups is 1. The van der Waals surface area contributed by atoms with E-state index in [2.05, 4.69) is 5.32 Å². The van der Waals surface area contributed by atoms with Crippen LogP contribution in [0.3, 0.4) is 0 Å². The summed E-state index contributed by atoms with van der Waals surface area (Å²) < 4.78 is 5.02. The molecule has 0 bridgehead atoms. The fraction of sp³-hybridized carbons (Fsp3) is 0.900. The van der Waals surface area contributed by atoms with Gasteiger partial charge < -0.3 is 15.2 Å². The van der Waals surface area contributed by atoms with Crippen LogP contribution in [0.25, 0.3) is 0 Å². The lowest BCUT2D eigenvalue weighted by molar-refractivity contribution is 0.0518. The largest absolute Gasteiger partial charge is 0.444 e. The van der Waals surface area contributed by atoms with Crippen LogP contribution in [0.1, 0.15) is 40.5 Å². The predicted molar refractivity (Wildman–Crippen MR) is 55.2 cm³/mol. The Morgan fingerprint density at radius 1 is 1.50 bits per heavy atom. The Labute approximate surface area is 85.6 Å². The van der Waals surface area contributed by atoms with E-state index in [1.165, 1.54) is 0 Å². The number of hydrogen-bond acceptors (Lipinski definition) is 3. The number of rotatable bonds is 4. The maximum absolute atomic E-state index is 11.1. The smallest absolute Gasteiger partial charge is 0.407 e. The second-order valence-electron chi connectivity index (χ2n) is 4.28. The minimum atomic E-state index is -0.465. The molecule has 0 spiro atoms. The first-order valence-electron chi connectivity index (χ1n) is 5.00. The summed E-state index contributed by atoms with van der Waals surface area (Å²) in [7, 11) is 0. The first-order valence-corrected chi connectivity index (χ1v) is 5.00. The number of hydrogen-bond donors (Lipinski definition) is 2. The Morgan fingerprint density at radius 3 is 2.50 bits per heavy atom. The van der Waals surface area contributed by atoms with Gasteiger partial charge in [-0.3, -0.25) is 0 Å². The molecule has 1 unspecified atom stereocenters. The molecule has 84 valence electrons. The normalized spacial score (nSPS) is 13.5. The lowest BCUT2D eigenvalue weighted by atomic mass is 10.2. The molecule has 0 heterocycles. The Hall–Kier alpha value is -0.770. The molecule has 0 rings (SSSR count). The first-order chi connectivity index (χ1) is 6.35. The summed E-state index contributed by atoms with van der Waals surface area (Å²) in [5, 5.41) is 11.8. The minimum Gasteiger partial charge on any atom is -0.444 e. The average molecular weight is 203 g/mol. The highest BCUT2D eigenvalue weighted by molar-refractivity contribution is 5.67. The van der Waals surface area contributed by atoms with E-state index in [4.69, 9.17) is 4.74 Å². The van der Waals surface area contributed by atoms with E-state index in [1.807, 2.05) is 27.7 Å². The fourth-order valence-corrected chi connectivity index (χ4v) is 0.859. The van der Waals surface area contributed by atoms with Crippen LogP contribution in [-0.4, -0.2) is 29.4 Å². The van der Waals surface area contributed by atoms with Crippen LogP contribution in [0.4, 0.5) is 4.79 Å². The van der Waals surface area contributed by atoms with E-state index < -0.39 is 11.7 Å². The van der Waals surface area contributed by atoms with Gasteiger partial charge in [-0.2, -0.15) is 0 Å². The lowest BCUT2D eigenvalue weighted by Crippen LogP contribution is -2.33. The van der Waals surface area contributed by atoms with E-state index in [0.29, 0.717) is 19.4 Å². The molecule has 1 amide bonds. The van der Waals surface area contributed by atoms with Gasteiger partial charge in [0.05, 0.1) is 6.10 Å². The summed E-state index contributed by atoms with van der Waals surface area (Å²) in [6, 6.07) is 0. The van der Waals surface area contributed by atoms with Gasteiger partial charge in [0.2, 0.25) is 0 Å². The second-order valence-corrected chi connectivity index (χ2v) is 4.28. The second kappa shape index (κ2) is 5.86. The van der Waals surface area contributed by atoms with E-state index >= 15 is 0 Å². The molecule has 0 aliphatic heterocycles. The molecule has 4 nitrogen and oxygen atoms in total. The monoisotopic (exact) mass is 203 g/mol. The molecule has 0 aromatic carbocycles. The van der Waals surface area contributed by atoms with E-state index in [0.717, 1.165) is 0 Å². The fourth-order valence-electron chi connectivity index (χ4n) is 0.859. The van der Waals surface area contributed by atoms with Gasteiger partial charge in [-0.15, -0.1) is 0 Å². The highest BCUT2D eigenvalue weighted by Gasteiger charge is 2.15. The summed E-state index contributed by atoms with van der Waals surface area (Å²) >= 11 is 0. The molecule has 0 aliphatic carbocycles. The van der Waals surface area contributed by atoms with E-state index in [-0.39, 0.29) is 6.10 Å². The van der Waals surface area contributed by atoms with Crippen molar-refractivity contribution in [1.82, 2.24) is 5.32 Å². The number of carbonyl (C=O) groups excluding carboxylic acids is 1. The SMILES string of the molecule is CCC(O)CCNC(=O)OC(C)(C)C. The summed E-state index contributed by atoms with van der Waals surface area (Å²) in [6.45, 7) is 7.79. The quantitative estimate of drug-likeness (QED) is 0.730. The van der Waals surface area contributed by atoms with Crippen molar-refractivity contribution >= 4 is 6.09 Å². The molecule has 0 fully saturated rings. The van der Waals surface area contributed by atoms with Gasteiger partial charge in [0, 0.05) is 6.54 Å². The zero-order chi connectivity index (χ0) is 11.2. The van der Waals surface area contributed by atoms with Crippen LogP contribution >= 0.6 is 0 Å². The van der Waals surface area contributed by atoms with E-state index in [9.17, 15) is 9.90 Å². The van der Waals surface area contributed by atoms with Gasteiger partial charge in [-0.25, -0.2) is 4.79 Å². The van der Waals surface area contributed by atoms with Crippen molar-refractivity contribution in [2.24, 2.45) is 0 Å². The van der Waals surface area contributed by atoms with Crippen LogP contribution in [0.2, 0.25) is 0 Å². The third kappa shape index (κ3) is 7.86. The van der Waals surface area contributed by atoms with Crippen molar-refractivity contribution in [1.29, 1.82) is 0 Å². The van der Waals surface area contributed by atoms with Crippen molar-refractivity contribution in [2.45, 2.75) is 52.2 Å². The molecule has 0 aromatic heterocycles.